The number of esters is 1. The Balaban J connectivity index is 1.72. The monoisotopic (exact) mass is 882 g/mol. The smallest absolute Gasteiger partial charge is 0.312 e. The molecular formula is C43H48BrFN2O12. The molecule has 0 radical (unpaired) electrons. The van der Waals surface area contributed by atoms with Crippen LogP contribution in [0, 0.1) is 36.4 Å². The van der Waals surface area contributed by atoms with Gasteiger partial charge in [-0.1, -0.05) is 61.9 Å². The molecule has 0 unspecified atom stereocenters. The zero-order valence-electron chi connectivity index (χ0n) is 34.0. The molecule has 0 aromatic heterocycles. The van der Waals surface area contributed by atoms with Crippen LogP contribution in [0.4, 0.5) is 10.1 Å². The van der Waals surface area contributed by atoms with Crippen LogP contribution in [-0.4, -0.2) is 86.9 Å². The highest BCUT2D eigenvalue weighted by molar-refractivity contribution is 9.10. The molecule has 1 aliphatic carbocycles. The number of methoxy groups -OCH3 is 1. The van der Waals surface area contributed by atoms with Gasteiger partial charge in [0.1, 0.15) is 29.0 Å². The summed E-state index contributed by atoms with van der Waals surface area (Å²) in [6.07, 6.45) is 4.30. The fraction of sp³-hybridized carbons (Fsp3) is 0.419. The highest BCUT2D eigenvalue weighted by Gasteiger charge is 2.51. The van der Waals surface area contributed by atoms with Crippen molar-refractivity contribution >= 4 is 50.8 Å². The van der Waals surface area contributed by atoms with E-state index in [0.29, 0.717) is 0 Å². The Kier molecular flexibility index (Phi) is 13.4. The topological polar surface area (TPSA) is 211 Å². The lowest BCUT2D eigenvalue weighted by Gasteiger charge is -2.38. The predicted molar refractivity (Wildman–Crippen MR) is 217 cm³/mol. The van der Waals surface area contributed by atoms with E-state index in [1.54, 1.807) is 33.8 Å². The van der Waals surface area contributed by atoms with E-state index < -0.39 is 106 Å². The van der Waals surface area contributed by atoms with Crippen molar-refractivity contribution in [3.63, 3.8) is 0 Å². The summed E-state index contributed by atoms with van der Waals surface area (Å²) in [5, 5.41) is 47.6. The number of aromatic hydroxyl groups is 2. The van der Waals surface area contributed by atoms with E-state index in [9.17, 15) is 39.6 Å². The first-order chi connectivity index (χ1) is 27.6. The summed E-state index contributed by atoms with van der Waals surface area (Å²) < 4.78 is 39.1. The van der Waals surface area contributed by atoms with Crippen LogP contribution in [0.25, 0.3) is 0 Å². The highest BCUT2D eigenvalue weighted by atomic mass is 79.9. The van der Waals surface area contributed by atoms with Gasteiger partial charge >= 0.3 is 11.8 Å². The number of benzene rings is 2. The number of allylic oxidation sites excluding steroid dienone is 4. The Morgan fingerprint density at radius 1 is 0.983 bits per heavy atom. The van der Waals surface area contributed by atoms with Crippen molar-refractivity contribution in [3.8, 4) is 17.2 Å². The van der Waals surface area contributed by atoms with E-state index in [4.69, 9.17) is 18.9 Å². The SMILES string of the molecule is CO[C@H]1/C=C/O[C@@]2(C)Oc3c(C)c(O)c4c(c3C2=O)C(=Nc2c(O)cc(Br)cc2F)C=C(NC(=O)/C(C)=C\C=C\[C@H](C)[C@H](O)[C@@H](C)[C@@H](O)[C@@H](C)[C@H](OC(C)=O)[C@@H]1C)C4=O. The number of nitrogens with one attached hydrogen (secondary N) is 1. The van der Waals surface area contributed by atoms with Gasteiger partial charge in [-0.25, -0.2) is 9.38 Å². The number of hydrogen-bond donors (Lipinski definition) is 5. The lowest BCUT2D eigenvalue weighted by Crippen LogP contribution is -2.46. The largest absolute Gasteiger partial charge is 0.507 e. The van der Waals surface area contributed by atoms with Crippen LogP contribution in [0.15, 0.2) is 69.5 Å². The number of ketones is 2. The van der Waals surface area contributed by atoms with Gasteiger partial charge in [-0.15, -0.1) is 0 Å². The number of phenolic OH excluding ortho intramolecular Hbond substituents is 2. The molecule has 3 heterocycles. The Labute approximate surface area is 349 Å². The fourth-order valence-electron chi connectivity index (χ4n) is 7.51. The quantitative estimate of drug-likeness (QED) is 0.219. The maximum Gasteiger partial charge on any atom is 0.312 e. The third-order valence-electron chi connectivity index (χ3n) is 11.1. The number of aliphatic hydroxyl groups excluding tert-OH is 2. The van der Waals surface area contributed by atoms with Crippen LogP contribution < -0.4 is 10.1 Å². The summed E-state index contributed by atoms with van der Waals surface area (Å²) in [4.78, 5) is 58.9. The van der Waals surface area contributed by atoms with Crippen LogP contribution in [0.5, 0.6) is 17.2 Å². The van der Waals surface area contributed by atoms with Crippen molar-refractivity contribution in [1.82, 2.24) is 5.32 Å². The molecule has 5 bridgehead atoms. The summed E-state index contributed by atoms with van der Waals surface area (Å²) in [5.41, 5.74) is -2.12. The van der Waals surface area contributed by atoms with Gasteiger partial charge in [0.25, 0.3) is 11.7 Å². The summed E-state index contributed by atoms with van der Waals surface area (Å²) in [6.45, 7) is 12.2. The van der Waals surface area contributed by atoms with Crippen molar-refractivity contribution in [2.45, 2.75) is 85.6 Å². The number of aliphatic imine (C=N–C) groups is 1. The molecule has 5 N–H and O–H groups in total. The highest BCUT2D eigenvalue weighted by Crippen LogP contribution is 2.48. The number of rotatable bonds is 3. The maximum absolute atomic E-state index is 15.4. The van der Waals surface area contributed by atoms with Crippen LogP contribution in [0.3, 0.4) is 0 Å². The number of carbonyl (C=O) groups is 4. The molecule has 0 spiro atoms. The lowest BCUT2D eigenvalue weighted by atomic mass is 9.78. The van der Waals surface area contributed by atoms with Crippen LogP contribution in [0.2, 0.25) is 0 Å². The Bertz CT molecular complexity index is 2210. The first-order valence-electron chi connectivity index (χ1n) is 18.9. The Morgan fingerprint density at radius 3 is 2.29 bits per heavy atom. The molecule has 6 rings (SSSR count). The molecule has 0 saturated carbocycles. The second-order valence-corrected chi connectivity index (χ2v) is 16.2. The van der Waals surface area contributed by atoms with Gasteiger partial charge in [0.15, 0.2) is 5.82 Å². The molecular weight excluding hydrogens is 835 g/mol. The number of carbonyl (C=O) groups excluding carboxylic acids is 4. The van der Waals surface area contributed by atoms with Crippen molar-refractivity contribution in [2.75, 3.05) is 7.11 Å². The molecule has 1 amide bonds. The fourth-order valence-corrected chi connectivity index (χ4v) is 7.92. The van der Waals surface area contributed by atoms with E-state index in [1.165, 1.54) is 59.1 Å². The van der Waals surface area contributed by atoms with Gasteiger partial charge in [0.2, 0.25) is 5.78 Å². The molecule has 0 saturated heterocycles. The van der Waals surface area contributed by atoms with Gasteiger partial charge in [0.05, 0.1) is 47.1 Å². The molecule has 4 aliphatic rings. The first kappa shape index (κ1) is 44.9. The molecule has 16 heteroatoms. The summed E-state index contributed by atoms with van der Waals surface area (Å²) >= 11 is 3.11. The van der Waals surface area contributed by atoms with E-state index in [1.807, 2.05) is 0 Å². The van der Waals surface area contributed by atoms with Crippen molar-refractivity contribution in [3.05, 3.63) is 92.6 Å². The van der Waals surface area contributed by atoms with E-state index >= 15 is 4.39 Å². The predicted octanol–water partition coefficient (Wildman–Crippen LogP) is 6.18. The second-order valence-electron chi connectivity index (χ2n) is 15.3. The third-order valence-corrected chi connectivity index (χ3v) is 11.5. The number of amides is 1. The van der Waals surface area contributed by atoms with Crippen LogP contribution in [-0.2, 0) is 23.8 Å². The number of phenols is 2. The zero-order valence-corrected chi connectivity index (χ0v) is 35.6. The molecule has 9 atom stereocenters. The van der Waals surface area contributed by atoms with Gasteiger partial charge in [-0.05, 0) is 38.1 Å². The van der Waals surface area contributed by atoms with Gasteiger partial charge in [-0.3, -0.25) is 19.2 Å². The van der Waals surface area contributed by atoms with Gasteiger partial charge in [-0.2, -0.15) is 0 Å². The minimum absolute atomic E-state index is 0.0289. The summed E-state index contributed by atoms with van der Waals surface area (Å²) in [7, 11) is 1.41. The van der Waals surface area contributed by atoms with Crippen LogP contribution >= 0.6 is 15.9 Å². The molecule has 2 aromatic carbocycles. The van der Waals surface area contributed by atoms with Crippen molar-refractivity contribution < 1.29 is 62.9 Å². The Hall–Kier alpha value is -5.16. The average Bonchev–Trinajstić information content (AvgIpc) is 3.44. The number of Topliss-reactive ketones (excluding diaryl/α,β-unsaturated/α-hetero) is 2. The number of hydrogen-bond acceptors (Lipinski definition) is 13. The standard InChI is InChI=1S/C43H48BrFN2O12/c1-18-11-10-12-19(2)42(55)47-28-17-27(46-34-26(45)15-25(44)16-29(34)49)31-32(38(28)53)37(52)23(6)40-33(31)41(54)43(8,59-40)57-14-13-30(56-9)20(3)39(58-24(7)48)22(5)36(51)21(4)35(18)50/h10-18,20-22,30,35-36,39,49-52H,1-9H3,(H,47,55)/b11-10+,14-13+,19-12-,46-27?/t18-,20+,21+,22+,30-,35-,36+,39+,43-/m0/s1. The van der Waals surface area contributed by atoms with E-state index in [0.717, 1.165) is 18.4 Å². The lowest BCUT2D eigenvalue weighted by molar-refractivity contribution is -0.160. The van der Waals surface area contributed by atoms with Gasteiger partial charge < -0.3 is 44.7 Å². The Morgan fingerprint density at radius 2 is 1.66 bits per heavy atom. The first-order valence-corrected chi connectivity index (χ1v) is 19.7. The van der Waals surface area contributed by atoms with Crippen molar-refractivity contribution in [2.24, 2.45) is 28.7 Å². The zero-order chi connectivity index (χ0) is 43.8. The van der Waals surface area contributed by atoms with Crippen LogP contribution in [0.1, 0.15) is 80.3 Å². The molecule has 14 nitrogen and oxygen atoms in total. The van der Waals surface area contributed by atoms with E-state index in [2.05, 4.69) is 26.2 Å². The molecule has 316 valence electrons. The molecule has 2 aromatic rings. The number of aliphatic hydroxyl groups is 2. The summed E-state index contributed by atoms with van der Waals surface area (Å²) in [5.74, 6) is -10.2. The minimum Gasteiger partial charge on any atom is -0.507 e. The average molecular weight is 884 g/mol. The second kappa shape index (κ2) is 17.6. The minimum atomic E-state index is -2.12. The number of nitrogens with zero attached hydrogens (tertiary/aromatic N) is 1. The number of halogens is 2. The third kappa shape index (κ3) is 8.76. The van der Waals surface area contributed by atoms with E-state index in [-0.39, 0.29) is 43.9 Å². The number of fused-ring (bicyclic) bond motifs is 14. The maximum atomic E-state index is 15.4. The molecule has 3 aliphatic heterocycles. The van der Waals surface area contributed by atoms with Crippen molar-refractivity contribution in [1.29, 1.82) is 0 Å². The number of ether oxygens (including phenoxy) is 4. The normalized spacial score (nSPS) is 31.7. The summed E-state index contributed by atoms with van der Waals surface area (Å²) in [6, 6.07) is 2.22. The van der Waals surface area contributed by atoms with Gasteiger partial charge in [0, 0.05) is 65.8 Å². The molecule has 0 fully saturated rings. The molecule has 59 heavy (non-hydrogen) atoms.